The first-order valence-electron chi connectivity index (χ1n) is 7.17. The van der Waals surface area contributed by atoms with Crippen LogP contribution in [0.2, 0.25) is 0 Å². The van der Waals surface area contributed by atoms with Gasteiger partial charge in [-0.2, -0.15) is 0 Å². The molecule has 0 spiro atoms. The Morgan fingerprint density at radius 1 is 1.45 bits per heavy atom. The fourth-order valence-corrected chi connectivity index (χ4v) is 2.79. The normalized spacial score (nSPS) is 16.5. The lowest BCUT2D eigenvalue weighted by atomic mass is 9.96. The van der Waals surface area contributed by atoms with E-state index in [9.17, 15) is 4.79 Å². The van der Waals surface area contributed by atoms with Crippen LogP contribution in [-0.2, 0) is 0 Å². The molecule has 1 aromatic heterocycles. The van der Waals surface area contributed by atoms with E-state index in [0.29, 0.717) is 11.5 Å². The zero-order valence-electron chi connectivity index (χ0n) is 12.6. The van der Waals surface area contributed by atoms with Gasteiger partial charge in [0.25, 0.3) is 5.91 Å². The fourth-order valence-electron chi connectivity index (χ4n) is 2.79. The Bertz CT molecular complexity index is 453. The third-order valence-corrected chi connectivity index (χ3v) is 3.85. The molecular formula is C15H24N4O. The molecule has 0 bridgehead atoms. The molecule has 2 rings (SSSR count). The third-order valence-electron chi connectivity index (χ3n) is 3.85. The SMILES string of the molecule is CNc1ccncc1C(=O)N1CCC(CN(C)C)CC1. The highest BCUT2D eigenvalue weighted by Gasteiger charge is 2.25. The van der Waals surface area contributed by atoms with Crippen LogP contribution in [-0.4, -0.2) is 61.5 Å². The van der Waals surface area contributed by atoms with Crippen LogP contribution >= 0.6 is 0 Å². The molecule has 5 heteroatoms. The number of hydrogen-bond donors (Lipinski definition) is 1. The number of carbonyl (C=O) groups excluding carboxylic acids is 1. The van der Waals surface area contributed by atoms with Gasteiger partial charge < -0.3 is 15.1 Å². The van der Waals surface area contributed by atoms with E-state index >= 15 is 0 Å². The van der Waals surface area contributed by atoms with Gasteiger partial charge in [0, 0.05) is 44.8 Å². The number of amides is 1. The molecule has 1 aliphatic heterocycles. The minimum atomic E-state index is 0.0887. The lowest BCUT2D eigenvalue weighted by molar-refractivity contribution is 0.0678. The number of piperidine rings is 1. The van der Waals surface area contributed by atoms with Crippen LogP contribution in [0.5, 0.6) is 0 Å². The Hall–Kier alpha value is -1.62. The standard InChI is InChI=1S/C15H24N4O/c1-16-14-4-7-17-10-13(14)15(20)19-8-5-12(6-9-19)11-18(2)3/h4,7,10,12H,5-6,8-9,11H2,1-3H3,(H,16,17). The maximum Gasteiger partial charge on any atom is 0.257 e. The second-order valence-electron chi connectivity index (χ2n) is 5.67. The summed E-state index contributed by atoms with van der Waals surface area (Å²) in [5, 5.41) is 3.06. The first kappa shape index (κ1) is 14.8. The number of likely N-dealkylation sites (tertiary alicyclic amines) is 1. The van der Waals surface area contributed by atoms with Crippen molar-refractivity contribution in [3.05, 3.63) is 24.0 Å². The summed E-state index contributed by atoms with van der Waals surface area (Å²) in [4.78, 5) is 20.8. The molecule has 0 radical (unpaired) electrons. The third kappa shape index (κ3) is 3.48. The highest BCUT2D eigenvalue weighted by Crippen LogP contribution is 2.21. The predicted molar refractivity (Wildman–Crippen MR) is 81.0 cm³/mol. The van der Waals surface area contributed by atoms with Gasteiger partial charge in [-0.3, -0.25) is 9.78 Å². The Morgan fingerprint density at radius 2 is 2.15 bits per heavy atom. The van der Waals surface area contributed by atoms with Crippen molar-refractivity contribution < 1.29 is 4.79 Å². The quantitative estimate of drug-likeness (QED) is 0.906. The lowest BCUT2D eigenvalue weighted by Gasteiger charge is -2.33. The second-order valence-corrected chi connectivity index (χ2v) is 5.67. The van der Waals surface area contributed by atoms with Gasteiger partial charge in [0.1, 0.15) is 0 Å². The molecular weight excluding hydrogens is 252 g/mol. The maximum atomic E-state index is 12.5. The summed E-state index contributed by atoms with van der Waals surface area (Å²) in [5.41, 5.74) is 1.52. The van der Waals surface area contributed by atoms with Crippen molar-refractivity contribution in [3.8, 4) is 0 Å². The number of aromatic nitrogens is 1. The zero-order chi connectivity index (χ0) is 14.5. The molecule has 2 heterocycles. The van der Waals surface area contributed by atoms with Crippen LogP contribution < -0.4 is 5.32 Å². The van der Waals surface area contributed by atoms with E-state index in [0.717, 1.165) is 38.2 Å². The minimum absolute atomic E-state index is 0.0887. The Labute approximate surface area is 121 Å². The lowest BCUT2D eigenvalue weighted by Crippen LogP contribution is -2.40. The highest BCUT2D eigenvalue weighted by atomic mass is 16.2. The van der Waals surface area contributed by atoms with Crippen molar-refractivity contribution in [1.29, 1.82) is 0 Å². The number of rotatable bonds is 4. The minimum Gasteiger partial charge on any atom is -0.387 e. The molecule has 1 saturated heterocycles. The van der Waals surface area contributed by atoms with Crippen molar-refractivity contribution in [2.75, 3.05) is 46.1 Å². The monoisotopic (exact) mass is 276 g/mol. The molecule has 1 amide bonds. The molecule has 1 N–H and O–H groups in total. The summed E-state index contributed by atoms with van der Waals surface area (Å²) in [6.07, 6.45) is 5.52. The van der Waals surface area contributed by atoms with Crippen LogP contribution in [0.4, 0.5) is 5.69 Å². The van der Waals surface area contributed by atoms with Crippen LogP contribution in [0.15, 0.2) is 18.5 Å². The van der Waals surface area contributed by atoms with Crippen molar-refractivity contribution in [1.82, 2.24) is 14.8 Å². The van der Waals surface area contributed by atoms with Gasteiger partial charge in [-0.15, -0.1) is 0 Å². The average molecular weight is 276 g/mol. The molecule has 1 aliphatic rings. The second kappa shape index (κ2) is 6.70. The van der Waals surface area contributed by atoms with E-state index in [1.54, 1.807) is 12.4 Å². The largest absolute Gasteiger partial charge is 0.387 e. The topological polar surface area (TPSA) is 48.5 Å². The zero-order valence-corrected chi connectivity index (χ0v) is 12.6. The van der Waals surface area contributed by atoms with E-state index in [2.05, 4.69) is 29.3 Å². The number of nitrogens with one attached hydrogen (secondary N) is 1. The Morgan fingerprint density at radius 3 is 2.75 bits per heavy atom. The van der Waals surface area contributed by atoms with E-state index in [1.807, 2.05) is 18.0 Å². The van der Waals surface area contributed by atoms with Gasteiger partial charge in [-0.1, -0.05) is 0 Å². The van der Waals surface area contributed by atoms with Crippen LogP contribution in [0.3, 0.4) is 0 Å². The number of nitrogens with zero attached hydrogens (tertiary/aromatic N) is 3. The van der Waals surface area contributed by atoms with Crippen molar-refractivity contribution in [3.63, 3.8) is 0 Å². The van der Waals surface area contributed by atoms with Crippen molar-refractivity contribution >= 4 is 11.6 Å². The molecule has 0 atom stereocenters. The first-order valence-corrected chi connectivity index (χ1v) is 7.17. The predicted octanol–water partition coefficient (Wildman–Crippen LogP) is 1.54. The van der Waals surface area contributed by atoms with Gasteiger partial charge in [-0.05, 0) is 38.9 Å². The van der Waals surface area contributed by atoms with Gasteiger partial charge in [0.05, 0.1) is 5.56 Å². The van der Waals surface area contributed by atoms with Gasteiger partial charge in [-0.25, -0.2) is 0 Å². The van der Waals surface area contributed by atoms with Gasteiger partial charge >= 0.3 is 0 Å². The first-order chi connectivity index (χ1) is 9.61. The summed E-state index contributed by atoms with van der Waals surface area (Å²) < 4.78 is 0. The van der Waals surface area contributed by atoms with E-state index in [1.165, 1.54) is 0 Å². The summed E-state index contributed by atoms with van der Waals surface area (Å²) >= 11 is 0. The average Bonchev–Trinajstić information content (AvgIpc) is 2.46. The van der Waals surface area contributed by atoms with E-state index in [-0.39, 0.29) is 5.91 Å². The van der Waals surface area contributed by atoms with E-state index < -0.39 is 0 Å². The molecule has 20 heavy (non-hydrogen) atoms. The smallest absolute Gasteiger partial charge is 0.257 e. The Kier molecular flexibility index (Phi) is 4.95. The number of pyridine rings is 1. The van der Waals surface area contributed by atoms with Crippen molar-refractivity contribution in [2.24, 2.45) is 5.92 Å². The Balaban J connectivity index is 1.98. The number of anilines is 1. The molecule has 5 nitrogen and oxygen atoms in total. The molecule has 0 unspecified atom stereocenters. The summed E-state index contributed by atoms with van der Waals surface area (Å²) in [6.45, 7) is 2.79. The molecule has 110 valence electrons. The summed E-state index contributed by atoms with van der Waals surface area (Å²) in [6, 6.07) is 1.84. The van der Waals surface area contributed by atoms with Crippen LogP contribution in [0.1, 0.15) is 23.2 Å². The summed E-state index contributed by atoms with van der Waals surface area (Å²) in [5.74, 6) is 0.789. The van der Waals surface area contributed by atoms with Crippen LogP contribution in [0, 0.1) is 5.92 Å². The van der Waals surface area contributed by atoms with Crippen LogP contribution in [0.25, 0.3) is 0 Å². The van der Waals surface area contributed by atoms with Gasteiger partial charge in [0.2, 0.25) is 0 Å². The number of carbonyl (C=O) groups is 1. The van der Waals surface area contributed by atoms with Crippen molar-refractivity contribution in [2.45, 2.75) is 12.8 Å². The summed E-state index contributed by atoms with van der Waals surface area (Å²) in [7, 11) is 6.04. The van der Waals surface area contributed by atoms with Gasteiger partial charge in [0.15, 0.2) is 0 Å². The molecule has 0 aromatic carbocycles. The maximum absolute atomic E-state index is 12.5. The highest BCUT2D eigenvalue weighted by molar-refractivity contribution is 5.99. The molecule has 1 fully saturated rings. The number of hydrogen-bond acceptors (Lipinski definition) is 4. The van der Waals surface area contributed by atoms with E-state index in [4.69, 9.17) is 0 Å². The molecule has 0 aliphatic carbocycles. The molecule has 0 saturated carbocycles. The fraction of sp³-hybridized carbons (Fsp3) is 0.600. The molecule has 1 aromatic rings.